The summed E-state index contributed by atoms with van der Waals surface area (Å²) in [5.74, 6) is -0.543. The van der Waals surface area contributed by atoms with Crippen LogP contribution in [0, 0.1) is 12.7 Å². The Morgan fingerprint density at radius 1 is 1.09 bits per heavy atom. The summed E-state index contributed by atoms with van der Waals surface area (Å²) in [5.41, 5.74) is 3.89. The largest absolute Gasteiger partial charge is 0.455 e. The summed E-state index contributed by atoms with van der Waals surface area (Å²) in [6, 6.07) is 10.5. The molecule has 0 saturated carbocycles. The van der Waals surface area contributed by atoms with Gasteiger partial charge in [-0.3, -0.25) is 10.2 Å². The Labute approximate surface area is 181 Å². The molecule has 0 aliphatic heterocycles. The minimum absolute atomic E-state index is 0.0337. The zero-order chi connectivity index (χ0) is 22.9. The number of benzene rings is 2. The highest BCUT2D eigenvalue weighted by atomic mass is 19.4. The van der Waals surface area contributed by atoms with E-state index in [0.717, 1.165) is 12.1 Å². The molecular formula is C23H19F4N3O2. The highest BCUT2D eigenvalue weighted by Crippen LogP contribution is 2.32. The van der Waals surface area contributed by atoms with Gasteiger partial charge in [0.05, 0.1) is 22.6 Å². The number of furan rings is 1. The quantitative estimate of drug-likeness (QED) is 0.374. The first-order valence-corrected chi connectivity index (χ1v) is 9.92. The van der Waals surface area contributed by atoms with Gasteiger partial charge < -0.3 is 9.73 Å². The van der Waals surface area contributed by atoms with Gasteiger partial charge in [0, 0.05) is 17.5 Å². The molecule has 2 N–H and O–H groups in total. The van der Waals surface area contributed by atoms with Crippen LogP contribution in [0.5, 0.6) is 0 Å². The predicted molar refractivity (Wildman–Crippen MR) is 112 cm³/mol. The van der Waals surface area contributed by atoms with Crippen molar-refractivity contribution in [1.29, 1.82) is 0 Å². The fraction of sp³-hybridized carbons (Fsp3) is 0.217. The molecule has 3 aromatic rings. The average molecular weight is 445 g/mol. The van der Waals surface area contributed by atoms with Crippen molar-refractivity contribution in [2.45, 2.75) is 32.4 Å². The molecule has 1 heterocycles. The lowest BCUT2D eigenvalue weighted by Crippen LogP contribution is -2.15. The van der Waals surface area contributed by atoms with Crippen molar-refractivity contribution in [3.05, 3.63) is 82.6 Å². The minimum Gasteiger partial charge on any atom is -0.455 e. The summed E-state index contributed by atoms with van der Waals surface area (Å²) < 4.78 is 58.4. The molecule has 0 saturated heterocycles. The zero-order valence-electron chi connectivity index (χ0n) is 17.0. The predicted octanol–water partition coefficient (Wildman–Crippen LogP) is 6.15. The molecule has 9 heteroatoms. The number of nitrogens with zero attached hydrogens (tertiary/aromatic N) is 1. The number of hydrogen-bond donors (Lipinski definition) is 2. The van der Waals surface area contributed by atoms with Crippen molar-refractivity contribution in [2.75, 3.05) is 10.7 Å². The summed E-state index contributed by atoms with van der Waals surface area (Å²) in [6.45, 7) is 1.70. The SMILES string of the molecule is Cc1c(C(=O)Nc2ccccc2F)oc2c1/C(=N/Nc1cccc(C(F)(F)F)c1)CCC2. The first kappa shape index (κ1) is 21.6. The van der Waals surface area contributed by atoms with E-state index in [0.29, 0.717) is 41.9 Å². The monoisotopic (exact) mass is 445 g/mol. The number of aryl methyl sites for hydroxylation is 1. The Kier molecular flexibility index (Phi) is 5.73. The topological polar surface area (TPSA) is 66.6 Å². The second-order valence-corrected chi connectivity index (χ2v) is 7.39. The molecule has 0 fully saturated rings. The molecule has 1 amide bonds. The second kappa shape index (κ2) is 8.49. The molecule has 1 aromatic heterocycles. The Morgan fingerprint density at radius 2 is 1.88 bits per heavy atom. The van der Waals surface area contributed by atoms with Crippen LogP contribution in [0.4, 0.5) is 28.9 Å². The highest BCUT2D eigenvalue weighted by Gasteiger charge is 2.31. The number of hydrogen-bond acceptors (Lipinski definition) is 4. The number of carbonyl (C=O) groups is 1. The molecule has 166 valence electrons. The third-order valence-electron chi connectivity index (χ3n) is 5.16. The smallest absolute Gasteiger partial charge is 0.416 e. The molecule has 32 heavy (non-hydrogen) atoms. The Morgan fingerprint density at radius 3 is 2.62 bits per heavy atom. The van der Waals surface area contributed by atoms with Gasteiger partial charge in [0.25, 0.3) is 5.91 Å². The maximum atomic E-state index is 13.9. The molecule has 1 aliphatic carbocycles. The number of nitrogens with one attached hydrogen (secondary N) is 2. The molecule has 0 atom stereocenters. The lowest BCUT2D eigenvalue weighted by molar-refractivity contribution is -0.137. The van der Waals surface area contributed by atoms with Crippen LogP contribution in [-0.2, 0) is 12.6 Å². The summed E-state index contributed by atoms with van der Waals surface area (Å²) >= 11 is 0. The van der Waals surface area contributed by atoms with Crippen molar-refractivity contribution in [3.8, 4) is 0 Å². The lowest BCUT2D eigenvalue weighted by atomic mass is 9.93. The van der Waals surface area contributed by atoms with E-state index in [-0.39, 0.29) is 17.1 Å². The van der Waals surface area contributed by atoms with Crippen molar-refractivity contribution < 1.29 is 26.8 Å². The van der Waals surface area contributed by atoms with Gasteiger partial charge in [-0.25, -0.2) is 4.39 Å². The van der Waals surface area contributed by atoms with E-state index in [1.165, 1.54) is 30.3 Å². The van der Waals surface area contributed by atoms with E-state index in [1.54, 1.807) is 13.0 Å². The fourth-order valence-electron chi connectivity index (χ4n) is 3.64. The van der Waals surface area contributed by atoms with Crippen LogP contribution in [0.25, 0.3) is 0 Å². The Balaban J connectivity index is 1.60. The maximum Gasteiger partial charge on any atom is 0.416 e. The molecule has 4 rings (SSSR count). The second-order valence-electron chi connectivity index (χ2n) is 7.39. The van der Waals surface area contributed by atoms with Gasteiger partial charge in [0.2, 0.25) is 0 Å². The van der Waals surface area contributed by atoms with Gasteiger partial charge in [-0.1, -0.05) is 18.2 Å². The van der Waals surface area contributed by atoms with E-state index in [9.17, 15) is 22.4 Å². The third-order valence-corrected chi connectivity index (χ3v) is 5.16. The van der Waals surface area contributed by atoms with E-state index in [4.69, 9.17) is 4.42 Å². The van der Waals surface area contributed by atoms with Crippen LogP contribution >= 0.6 is 0 Å². The summed E-state index contributed by atoms with van der Waals surface area (Å²) in [7, 11) is 0. The Hall–Kier alpha value is -3.62. The molecule has 5 nitrogen and oxygen atoms in total. The number of rotatable bonds is 4. The number of anilines is 2. The number of amides is 1. The van der Waals surface area contributed by atoms with Gasteiger partial charge in [-0.2, -0.15) is 18.3 Å². The van der Waals surface area contributed by atoms with E-state index in [2.05, 4.69) is 15.8 Å². The van der Waals surface area contributed by atoms with Crippen molar-refractivity contribution in [2.24, 2.45) is 5.10 Å². The molecular weight excluding hydrogens is 426 g/mol. The average Bonchev–Trinajstić information content (AvgIpc) is 3.11. The molecule has 1 aliphatic rings. The van der Waals surface area contributed by atoms with Crippen molar-refractivity contribution in [3.63, 3.8) is 0 Å². The van der Waals surface area contributed by atoms with Gasteiger partial charge in [0.15, 0.2) is 5.76 Å². The number of alkyl halides is 3. The van der Waals surface area contributed by atoms with Gasteiger partial charge in [-0.05, 0) is 50.1 Å². The van der Waals surface area contributed by atoms with Crippen LogP contribution in [0.15, 0.2) is 58.0 Å². The first-order valence-electron chi connectivity index (χ1n) is 9.92. The molecule has 0 bridgehead atoms. The van der Waals surface area contributed by atoms with E-state index < -0.39 is 23.5 Å². The van der Waals surface area contributed by atoms with Crippen LogP contribution in [0.3, 0.4) is 0 Å². The van der Waals surface area contributed by atoms with Crippen molar-refractivity contribution in [1.82, 2.24) is 0 Å². The number of hydrazone groups is 1. The van der Waals surface area contributed by atoms with Gasteiger partial charge >= 0.3 is 6.18 Å². The highest BCUT2D eigenvalue weighted by molar-refractivity contribution is 6.09. The normalized spacial score (nSPS) is 14.8. The summed E-state index contributed by atoms with van der Waals surface area (Å²) in [4.78, 5) is 12.7. The number of fused-ring (bicyclic) bond motifs is 1. The number of para-hydroxylation sites is 1. The van der Waals surface area contributed by atoms with Crippen LogP contribution in [0.2, 0.25) is 0 Å². The van der Waals surface area contributed by atoms with Crippen LogP contribution in [-0.4, -0.2) is 11.6 Å². The molecule has 2 aromatic carbocycles. The van der Waals surface area contributed by atoms with Gasteiger partial charge in [0.1, 0.15) is 11.6 Å². The number of halogens is 4. The Bertz CT molecular complexity index is 1200. The van der Waals surface area contributed by atoms with Crippen molar-refractivity contribution >= 4 is 23.0 Å². The zero-order valence-corrected chi connectivity index (χ0v) is 17.0. The standard InChI is InChI=1S/C23H19F4N3O2/c1-13-20-18(30-29-15-7-4-6-14(12-15)23(25,26)27)10-5-11-19(20)32-21(13)22(31)28-17-9-3-2-8-16(17)24/h2-4,6-9,12,29H,5,10-11H2,1H3,(H,28,31)/b30-18+. The number of carbonyl (C=O) groups excluding carboxylic acids is 1. The third kappa shape index (κ3) is 4.37. The molecule has 0 unspecified atom stereocenters. The van der Waals surface area contributed by atoms with E-state index in [1.807, 2.05) is 0 Å². The molecule has 0 spiro atoms. The maximum absolute atomic E-state index is 13.9. The first-order chi connectivity index (χ1) is 15.2. The van der Waals surface area contributed by atoms with Gasteiger partial charge in [-0.15, -0.1) is 0 Å². The van der Waals surface area contributed by atoms with E-state index >= 15 is 0 Å². The summed E-state index contributed by atoms with van der Waals surface area (Å²) in [5, 5.41) is 6.80. The lowest BCUT2D eigenvalue weighted by Gasteiger charge is -2.14. The summed E-state index contributed by atoms with van der Waals surface area (Å²) in [6.07, 6.45) is -2.60. The minimum atomic E-state index is -4.45. The molecule has 0 radical (unpaired) electrons. The fourth-order valence-corrected chi connectivity index (χ4v) is 3.64. The van der Waals surface area contributed by atoms with Crippen LogP contribution < -0.4 is 10.7 Å². The van der Waals surface area contributed by atoms with Crippen LogP contribution in [0.1, 0.15) is 45.8 Å².